The van der Waals surface area contributed by atoms with E-state index < -0.39 is 8.32 Å². The van der Waals surface area contributed by atoms with E-state index in [9.17, 15) is 5.11 Å². The summed E-state index contributed by atoms with van der Waals surface area (Å²) < 4.78 is 12.5. The van der Waals surface area contributed by atoms with Crippen LogP contribution in [0, 0.1) is 11.8 Å². The number of rotatable bonds is 7. The van der Waals surface area contributed by atoms with Gasteiger partial charge in [-0.15, -0.1) is 0 Å². The van der Waals surface area contributed by atoms with Crippen molar-refractivity contribution < 1.29 is 14.3 Å². The molecule has 0 aliphatic carbocycles. The molecule has 0 aromatic rings. The van der Waals surface area contributed by atoms with Crippen LogP contribution in [0.25, 0.3) is 0 Å². The Balaban J connectivity index is 2.88. The second-order valence-corrected chi connectivity index (χ2v) is 13.4. The minimum Gasteiger partial charge on any atom is -0.413 e. The monoisotopic (exact) mass is 316 g/mol. The average Bonchev–Trinajstić information content (AvgIpc) is 3.06. The van der Waals surface area contributed by atoms with Crippen molar-refractivity contribution in [2.75, 3.05) is 6.61 Å². The van der Waals surface area contributed by atoms with Gasteiger partial charge in [-0.2, -0.15) is 0 Å². The third-order valence-corrected chi connectivity index (χ3v) is 10.2. The maximum Gasteiger partial charge on any atom is 0.192 e. The van der Waals surface area contributed by atoms with Crippen molar-refractivity contribution in [2.24, 2.45) is 11.8 Å². The Labute approximate surface area is 132 Å². The molecule has 4 heteroatoms. The third-order valence-electron chi connectivity index (χ3n) is 5.69. The number of ether oxygens (including phenoxy) is 1. The highest BCUT2D eigenvalue weighted by atomic mass is 28.4. The molecular formula is C17H36O3Si. The molecule has 1 aliphatic rings. The van der Waals surface area contributed by atoms with Gasteiger partial charge in [-0.1, -0.05) is 48.0 Å². The molecule has 1 rings (SSSR count). The first-order valence-electron chi connectivity index (χ1n) is 8.36. The lowest BCUT2D eigenvalue weighted by Crippen LogP contribution is -2.48. The molecule has 1 aliphatic heterocycles. The summed E-state index contributed by atoms with van der Waals surface area (Å²) in [5.41, 5.74) is -0.359. The van der Waals surface area contributed by atoms with Gasteiger partial charge in [0.2, 0.25) is 0 Å². The van der Waals surface area contributed by atoms with Crippen molar-refractivity contribution in [1.82, 2.24) is 0 Å². The fraction of sp³-hybridized carbons (Fsp3) is 1.00. The molecule has 1 saturated heterocycles. The highest BCUT2D eigenvalue weighted by molar-refractivity contribution is 6.74. The molecule has 5 atom stereocenters. The van der Waals surface area contributed by atoms with Crippen LogP contribution in [0.15, 0.2) is 0 Å². The van der Waals surface area contributed by atoms with Crippen LogP contribution in [0.3, 0.4) is 0 Å². The van der Waals surface area contributed by atoms with E-state index >= 15 is 0 Å². The van der Waals surface area contributed by atoms with Gasteiger partial charge >= 0.3 is 0 Å². The molecule has 0 aromatic heterocycles. The van der Waals surface area contributed by atoms with Crippen molar-refractivity contribution in [2.45, 2.75) is 90.8 Å². The Hall–Kier alpha value is 0.0969. The summed E-state index contributed by atoms with van der Waals surface area (Å²) in [6, 6.07) is 0. The molecule has 0 aromatic carbocycles. The molecule has 1 N–H and O–H groups in total. The Morgan fingerprint density at radius 1 is 1.29 bits per heavy atom. The molecule has 1 heterocycles. The predicted molar refractivity (Wildman–Crippen MR) is 91.1 cm³/mol. The third kappa shape index (κ3) is 4.09. The quantitative estimate of drug-likeness (QED) is 0.565. The van der Waals surface area contributed by atoms with Gasteiger partial charge in [0.1, 0.15) is 5.60 Å². The molecule has 0 amide bonds. The fourth-order valence-corrected chi connectivity index (χ4v) is 4.19. The molecule has 3 nitrogen and oxygen atoms in total. The van der Waals surface area contributed by atoms with Crippen LogP contribution in [-0.4, -0.2) is 37.8 Å². The number of epoxide rings is 1. The SMILES string of the molecule is CC[C@H](C)[C@@H](O[Si](C)(C)C(C)(C)C)[C@H](C)[C@H]1O[C@]1(C)CO. The van der Waals surface area contributed by atoms with Crippen LogP contribution in [-0.2, 0) is 9.16 Å². The second-order valence-electron chi connectivity index (χ2n) is 8.60. The lowest BCUT2D eigenvalue weighted by Gasteiger charge is -2.42. The van der Waals surface area contributed by atoms with Crippen molar-refractivity contribution >= 4 is 8.32 Å². The lowest BCUT2D eigenvalue weighted by molar-refractivity contribution is 0.0599. The zero-order valence-electron chi connectivity index (χ0n) is 15.5. The summed E-state index contributed by atoms with van der Waals surface area (Å²) in [4.78, 5) is 0. The summed E-state index contributed by atoms with van der Waals surface area (Å²) in [6.45, 7) is 20.3. The van der Waals surface area contributed by atoms with Crippen molar-refractivity contribution in [1.29, 1.82) is 0 Å². The number of hydrogen-bond donors (Lipinski definition) is 1. The minimum atomic E-state index is -1.80. The standard InChI is InChI=1S/C17H36O3Si/c1-10-12(2)14(20-21(8,9)16(4,5)6)13(3)15-17(7,11-18)19-15/h12-15,18H,10-11H2,1-9H3/t12-,13-,14+,15+,17+/m0/s1. The van der Waals surface area contributed by atoms with E-state index in [2.05, 4.69) is 54.6 Å². The van der Waals surface area contributed by atoms with E-state index in [4.69, 9.17) is 9.16 Å². The zero-order chi connectivity index (χ0) is 16.6. The Morgan fingerprint density at radius 2 is 1.81 bits per heavy atom. The molecule has 1 fully saturated rings. The van der Waals surface area contributed by atoms with Gasteiger partial charge in [-0.3, -0.25) is 0 Å². The molecule has 0 unspecified atom stereocenters. The predicted octanol–water partition coefficient (Wildman–Crippen LogP) is 4.21. The summed E-state index contributed by atoms with van der Waals surface area (Å²) in [5, 5.41) is 9.68. The largest absolute Gasteiger partial charge is 0.413 e. The van der Waals surface area contributed by atoms with Crippen LogP contribution in [0.2, 0.25) is 18.1 Å². The topological polar surface area (TPSA) is 42.0 Å². The first-order chi connectivity index (χ1) is 9.39. The van der Waals surface area contributed by atoms with E-state index in [0.717, 1.165) is 6.42 Å². The first kappa shape index (κ1) is 19.1. The van der Waals surface area contributed by atoms with E-state index in [1.54, 1.807) is 0 Å². The number of aliphatic hydroxyl groups is 1. The molecule has 0 spiro atoms. The molecule has 126 valence electrons. The highest BCUT2D eigenvalue weighted by Crippen LogP contribution is 2.46. The van der Waals surface area contributed by atoms with Crippen LogP contribution >= 0.6 is 0 Å². The van der Waals surface area contributed by atoms with Crippen molar-refractivity contribution in [3.8, 4) is 0 Å². The van der Waals surface area contributed by atoms with Gasteiger partial charge in [0.15, 0.2) is 8.32 Å². The maximum absolute atomic E-state index is 9.47. The zero-order valence-corrected chi connectivity index (χ0v) is 16.5. The van der Waals surface area contributed by atoms with Gasteiger partial charge in [0.05, 0.1) is 18.8 Å². The van der Waals surface area contributed by atoms with Gasteiger partial charge < -0.3 is 14.3 Å². The van der Waals surface area contributed by atoms with Crippen LogP contribution < -0.4 is 0 Å². The number of aliphatic hydroxyl groups excluding tert-OH is 1. The van der Waals surface area contributed by atoms with Crippen molar-refractivity contribution in [3.63, 3.8) is 0 Å². The molecule has 0 saturated carbocycles. The smallest absolute Gasteiger partial charge is 0.192 e. The molecule has 0 radical (unpaired) electrons. The second kappa shape index (κ2) is 6.30. The Bertz CT molecular complexity index is 350. The summed E-state index contributed by atoms with van der Waals surface area (Å²) in [5.74, 6) is 0.812. The Kier molecular flexibility index (Phi) is 5.75. The average molecular weight is 317 g/mol. The molecular weight excluding hydrogens is 280 g/mol. The van der Waals surface area contributed by atoms with E-state index in [0.29, 0.717) is 11.8 Å². The Morgan fingerprint density at radius 3 is 2.14 bits per heavy atom. The van der Waals surface area contributed by atoms with E-state index in [-0.39, 0.29) is 29.5 Å². The lowest BCUT2D eigenvalue weighted by atomic mass is 9.86. The van der Waals surface area contributed by atoms with Crippen LogP contribution in [0.1, 0.15) is 54.9 Å². The van der Waals surface area contributed by atoms with Gasteiger partial charge in [0, 0.05) is 5.92 Å². The van der Waals surface area contributed by atoms with Crippen LogP contribution in [0.4, 0.5) is 0 Å². The fourth-order valence-electron chi connectivity index (χ4n) is 2.71. The summed E-state index contributed by atoms with van der Waals surface area (Å²) >= 11 is 0. The molecule has 21 heavy (non-hydrogen) atoms. The van der Waals surface area contributed by atoms with Crippen LogP contribution in [0.5, 0.6) is 0 Å². The van der Waals surface area contributed by atoms with Gasteiger partial charge in [-0.05, 0) is 31.0 Å². The first-order valence-corrected chi connectivity index (χ1v) is 11.3. The number of hydrogen-bond acceptors (Lipinski definition) is 3. The van der Waals surface area contributed by atoms with E-state index in [1.807, 2.05) is 6.92 Å². The maximum atomic E-state index is 9.47. The minimum absolute atomic E-state index is 0.0926. The van der Waals surface area contributed by atoms with E-state index in [1.165, 1.54) is 0 Å². The highest BCUT2D eigenvalue weighted by Gasteiger charge is 2.57. The van der Waals surface area contributed by atoms with Crippen molar-refractivity contribution in [3.05, 3.63) is 0 Å². The normalized spacial score (nSPS) is 30.9. The van der Waals surface area contributed by atoms with Gasteiger partial charge in [0.25, 0.3) is 0 Å². The van der Waals surface area contributed by atoms with Gasteiger partial charge in [-0.25, -0.2) is 0 Å². The molecule has 0 bridgehead atoms. The summed E-state index contributed by atoms with van der Waals surface area (Å²) in [7, 11) is -1.80. The summed E-state index contributed by atoms with van der Waals surface area (Å²) in [6.07, 6.45) is 1.42.